The molecule has 1 unspecified atom stereocenters. The van der Waals surface area contributed by atoms with Gasteiger partial charge >= 0.3 is 5.97 Å². The molecule has 116 valence electrons. The number of carboxylic acids is 1. The molecular formula is C15H21NO4S. The van der Waals surface area contributed by atoms with Gasteiger partial charge in [-0.05, 0) is 55.0 Å². The summed E-state index contributed by atoms with van der Waals surface area (Å²) in [5.41, 5.74) is -0.282. The van der Waals surface area contributed by atoms with Crippen LogP contribution in [0.15, 0.2) is 16.8 Å². The van der Waals surface area contributed by atoms with Crippen LogP contribution in [0.25, 0.3) is 0 Å². The average Bonchev–Trinajstić information content (AvgIpc) is 3.00. The maximum atomic E-state index is 12.1. The molecular weight excluding hydrogens is 290 g/mol. The minimum Gasteiger partial charge on any atom is -0.481 e. The summed E-state index contributed by atoms with van der Waals surface area (Å²) >= 11 is 1.50. The number of carbonyl (C=O) groups is 2. The molecule has 1 aliphatic rings. The molecule has 1 heterocycles. The summed E-state index contributed by atoms with van der Waals surface area (Å²) in [7, 11) is 0. The van der Waals surface area contributed by atoms with E-state index in [-0.39, 0.29) is 24.3 Å². The molecule has 21 heavy (non-hydrogen) atoms. The van der Waals surface area contributed by atoms with Crippen molar-refractivity contribution in [2.24, 2.45) is 11.8 Å². The highest BCUT2D eigenvalue weighted by Crippen LogP contribution is 2.29. The van der Waals surface area contributed by atoms with Gasteiger partial charge in [0.25, 0.3) is 0 Å². The van der Waals surface area contributed by atoms with Crippen LogP contribution in [-0.4, -0.2) is 28.6 Å². The second-order valence-electron chi connectivity index (χ2n) is 5.89. The summed E-state index contributed by atoms with van der Waals surface area (Å²) in [4.78, 5) is 23.0. The van der Waals surface area contributed by atoms with E-state index in [1.54, 1.807) is 6.92 Å². The number of thiophene rings is 1. The Hall–Kier alpha value is -1.40. The Kier molecular flexibility index (Phi) is 5.00. The number of nitrogens with one attached hydrogen (secondary N) is 1. The summed E-state index contributed by atoms with van der Waals surface area (Å²) in [6.07, 6.45) is 2.30. The van der Waals surface area contributed by atoms with Crippen molar-refractivity contribution in [2.45, 2.75) is 38.2 Å². The van der Waals surface area contributed by atoms with Crippen LogP contribution in [0.3, 0.4) is 0 Å². The Balaban J connectivity index is 1.82. The first kappa shape index (κ1) is 16.0. The lowest BCUT2D eigenvalue weighted by Gasteiger charge is -2.28. The number of amides is 1. The van der Waals surface area contributed by atoms with E-state index in [4.69, 9.17) is 5.11 Å². The van der Waals surface area contributed by atoms with E-state index in [1.807, 2.05) is 16.8 Å². The van der Waals surface area contributed by atoms with E-state index in [0.717, 1.165) is 5.56 Å². The molecule has 1 aromatic rings. The van der Waals surface area contributed by atoms with Crippen LogP contribution < -0.4 is 5.32 Å². The SMILES string of the molecule is CC(O)(CNC(=O)C1CCC(C(=O)O)CC1)c1ccsc1. The zero-order valence-corrected chi connectivity index (χ0v) is 12.9. The molecule has 0 aromatic carbocycles. The number of rotatable bonds is 5. The molecule has 1 atom stereocenters. The van der Waals surface area contributed by atoms with Gasteiger partial charge in [0.15, 0.2) is 0 Å². The first-order valence-electron chi connectivity index (χ1n) is 7.16. The standard InChI is InChI=1S/C15H21NO4S/c1-15(20,12-6-7-21-8-12)9-16-13(17)10-2-4-11(5-3-10)14(18)19/h6-8,10-11,20H,2-5,9H2,1H3,(H,16,17)(H,18,19). The topological polar surface area (TPSA) is 86.6 Å². The highest BCUT2D eigenvalue weighted by atomic mass is 32.1. The normalized spacial score (nSPS) is 25.0. The van der Waals surface area contributed by atoms with Gasteiger partial charge in [-0.15, -0.1) is 0 Å². The van der Waals surface area contributed by atoms with E-state index < -0.39 is 11.6 Å². The van der Waals surface area contributed by atoms with Crippen LogP contribution in [0, 0.1) is 11.8 Å². The van der Waals surface area contributed by atoms with Gasteiger partial charge in [0.2, 0.25) is 5.91 Å². The number of hydrogen-bond acceptors (Lipinski definition) is 4. The summed E-state index contributed by atoms with van der Waals surface area (Å²) in [5, 5.41) is 25.8. The minimum atomic E-state index is -1.08. The third kappa shape index (κ3) is 4.04. The third-order valence-corrected chi connectivity index (χ3v) is 4.88. The molecule has 0 radical (unpaired) electrons. The number of aliphatic hydroxyl groups is 1. The molecule has 0 saturated heterocycles. The van der Waals surface area contributed by atoms with Crippen molar-refractivity contribution >= 4 is 23.2 Å². The van der Waals surface area contributed by atoms with E-state index in [0.29, 0.717) is 25.7 Å². The first-order valence-corrected chi connectivity index (χ1v) is 8.10. The molecule has 2 rings (SSSR count). The van der Waals surface area contributed by atoms with Gasteiger partial charge in [-0.2, -0.15) is 11.3 Å². The fourth-order valence-electron chi connectivity index (χ4n) is 2.68. The largest absolute Gasteiger partial charge is 0.481 e. The van der Waals surface area contributed by atoms with Gasteiger partial charge in [-0.1, -0.05) is 0 Å². The van der Waals surface area contributed by atoms with E-state index in [9.17, 15) is 14.7 Å². The second-order valence-corrected chi connectivity index (χ2v) is 6.67. The second kappa shape index (κ2) is 6.58. The van der Waals surface area contributed by atoms with Crippen molar-refractivity contribution in [1.29, 1.82) is 0 Å². The summed E-state index contributed by atoms with van der Waals surface area (Å²) in [5.74, 6) is -1.31. The quantitative estimate of drug-likeness (QED) is 0.776. The van der Waals surface area contributed by atoms with Crippen molar-refractivity contribution in [3.63, 3.8) is 0 Å². The molecule has 0 bridgehead atoms. The first-order chi connectivity index (χ1) is 9.90. The molecule has 5 nitrogen and oxygen atoms in total. The predicted molar refractivity (Wildman–Crippen MR) is 80.0 cm³/mol. The molecule has 1 aliphatic carbocycles. The lowest BCUT2D eigenvalue weighted by Crippen LogP contribution is -2.42. The van der Waals surface area contributed by atoms with Crippen molar-refractivity contribution in [1.82, 2.24) is 5.32 Å². The zero-order valence-electron chi connectivity index (χ0n) is 12.0. The molecule has 1 amide bonds. The molecule has 0 spiro atoms. The van der Waals surface area contributed by atoms with Crippen molar-refractivity contribution in [3.05, 3.63) is 22.4 Å². The summed E-state index contributed by atoms with van der Waals surface area (Å²) in [6.45, 7) is 1.85. The maximum absolute atomic E-state index is 12.1. The lowest BCUT2D eigenvalue weighted by atomic mass is 9.81. The maximum Gasteiger partial charge on any atom is 0.306 e. The zero-order chi connectivity index (χ0) is 15.5. The van der Waals surface area contributed by atoms with Crippen LogP contribution in [0.5, 0.6) is 0 Å². The average molecular weight is 311 g/mol. The number of carboxylic acid groups (broad SMARTS) is 1. The Labute approximate surface area is 128 Å². The fraction of sp³-hybridized carbons (Fsp3) is 0.600. The van der Waals surface area contributed by atoms with Gasteiger partial charge in [0.1, 0.15) is 5.60 Å². The lowest BCUT2D eigenvalue weighted by molar-refractivity contribution is -0.144. The third-order valence-electron chi connectivity index (χ3n) is 4.20. The number of hydrogen-bond donors (Lipinski definition) is 3. The van der Waals surface area contributed by atoms with Crippen LogP contribution in [0.2, 0.25) is 0 Å². The highest BCUT2D eigenvalue weighted by Gasteiger charge is 2.31. The molecule has 0 aliphatic heterocycles. The van der Waals surface area contributed by atoms with Gasteiger partial charge in [-0.25, -0.2) is 0 Å². The van der Waals surface area contributed by atoms with Gasteiger partial charge in [0, 0.05) is 5.92 Å². The van der Waals surface area contributed by atoms with Crippen molar-refractivity contribution in [3.8, 4) is 0 Å². The Morgan fingerprint density at radius 2 is 1.95 bits per heavy atom. The number of carbonyl (C=O) groups excluding carboxylic acids is 1. The van der Waals surface area contributed by atoms with Crippen LogP contribution >= 0.6 is 11.3 Å². The monoisotopic (exact) mass is 311 g/mol. The molecule has 3 N–H and O–H groups in total. The smallest absolute Gasteiger partial charge is 0.306 e. The van der Waals surface area contributed by atoms with Gasteiger partial charge in [0.05, 0.1) is 12.5 Å². The number of aliphatic carboxylic acids is 1. The predicted octanol–water partition coefficient (Wildman–Crippen LogP) is 1.96. The van der Waals surface area contributed by atoms with E-state index >= 15 is 0 Å². The van der Waals surface area contributed by atoms with Crippen LogP contribution in [-0.2, 0) is 15.2 Å². The molecule has 1 fully saturated rings. The highest BCUT2D eigenvalue weighted by molar-refractivity contribution is 7.08. The van der Waals surface area contributed by atoms with Crippen molar-refractivity contribution < 1.29 is 19.8 Å². The molecule has 6 heteroatoms. The van der Waals surface area contributed by atoms with Crippen LogP contribution in [0.1, 0.15) is 38.2 Å². The van der Waals surface area contributed by atoms with E-state index in [2.05, 4.69) is 5.32 Å². The van der Waals surface area contributed by atoms with E-state index in [1.165, 1.54) is 11.3 Å². The van der Waals surface area contributed by atoms with Crippen LogP contribution in [0.4, 0.5) is 0 Å². The van der Waals surface area contributed by atoms with Gasteiger partial charge < -0.3 is 15.5 Å². The summed E-state index contributed by atoms with van der Waals surface area (Å²) < 4.78 is 0. The van der Waals surface area contributed by atoms with Gasteiger partial charge in [-0.3, -0.25) is 9.59 Å². The molecule has 1 saturated carbocycles. The minimum absolute atomic E-state index is 0.0886. The fourth-order valence-corrected chi connectivity index (χ4v) is 3.46. The summed E-state index contributed by atoms with van der Waals surface area (Å²) in [6, 6.07) is 1.84. The van der Waals surface area contributed by atoms with Crippen molar-refractivity contribution in [2.75, 3.05) is 6.54 Å². The Morgan fingerprint density at radius 3 is 2.48 bits per heavy atom. The Bertz CT molecular complexity index is 490. The molecule has 1 aromatic heterocycles. The Morgan fingerprint density at radius 1 is 1.33 bits per heavy atom.